The van der Waals surface area contributed by atoms with Crippen LogP contribution in [0.4, 0.5) is 0 Å². The molecule has 0 bridgehead atoms. The maximum absolute atomic E-state index is 12.5. The van der Waals surface area contributed by atoms with Crippen molar-refractivity contribution in [2.24, 2.45) is 34.5 Å². The number of esters is 1. The summed E-state index contributed by atoms with van der Waals surface area (Å²) in [4.78, 5) is 23.8. The van der Waals surface area contributed by atoms with Crippen molar-refractivity contribution in [3.8, 4) is 0 Å². The Morgan fingerprint density at radius 2 is 1.83 bits per heavy atom. The molecule has 0 spiro atoms. The summed E-state index contributed by atoms with van der Waals surface area (Å²) in [5.41, 5.74) is 0.381. The molecule has 0 saturated heterocycles. The zero-order valence-electron chi connectivity index (χ0n) is 15.5. The van der Waals surface area contributed by atoms with Crippen molar-refractivity contribution in [1.82, 2.24) is 0 Å². The van der Waals surface area contributed by atoms with Gasteiger partial charge in [-0.05, 0) is 80.5 Å². The van der Waals surface area contributed by atoms with Crippen molar-refractivity contribution in [1.29, 1.82) is 0 Å². The van der Waals surface area contributed by atoms with Crippen molar-refractivity contribution in [3.05, 3.63) is 0 Å². The van der Waals surface area contributed by atoms with E-state index in [0.29, 0.717) is 23.0 Å². The van der Waals surface area contributed by atoms with E-state index in [2.05, 4.69) is 13.8 Å². The number of carbonyl (C=O) groups excluding carboxylic acids is 2. The van der Waals surface area contributed by atoms with E-state index in [1.807, 2.05) is 0 Å². The number of carbonyl (C=O) groups is 2. The van der Waals surface area contributed by atoms with Gasteiger partial charge in [0, 0.05) is 18.8 Å². The van der Waals surface area contributed by atoms with Gasteiger partial charge < -0.3 is 4.74 Å². The molecule has 4 aliphatic carbocycles. The van der Waals surface area contributed by atoms with Gasteiger partial charge in [0.1, 0.15) is 11.9 Å². The fourth-order valence-electron chi connectivity index (χ4n) is 7.33. The van der Waals surface area contributed by atoms with Gasteiger partial charge >= 0.3 is 5.97 Å². The first-order chi connectivity index (χ1) is 11.3. The van der Waals surface area contributed by atoms with Gasteiger partial charge in [-0.15, -0.1) is 0 Å². The zero-order valence-corrected chi connectivity index (χ0v) is 15.5. The fourth-order valence-corrected chi connectivity index (χ4v) is 7.33. The van der Waals surface area contributed by atoms with Crippen LogP contribution in [0.3, 0.4) is 0 Å². The topological polar surface area (TPSA) is 43.4 Å². The third-order valence-electron chi connectivity index (χ3n) is 8.66. The molecule has 0 aromatic carbocycles. The maximum Gasteiger partial charge on any atom is 0.302 e. The Hall–Kier alpha value is -0.860. The van der Waals surface area contributed by atoms with E-state index in [1.165, 1.54) is 32.6 Å². The molecule has 3 nitrogen and oxygen atoms in total. The van der Waals surface area contributed by atoms with Crippen molar-refractivity contribution in [2.45, 2.75) is 84.7 Å². The second-order valence-electron chi connectivity index (χ2n) is 9.58. The van der Waals surface area contributed by atoms with Crippen LogP contribution in [0.5, 0.6) is 0 Å². The number of ketones is 1. The average Bonchev–Trinajstić information content (AvgIpc) is 2.83. The van der Waals surface area contributed by atoms with E-state index in [9.17, 15) is 9.59 Å². The smallest absolute Gasteiger partial charge is 0.302 e. The highest BCUT2D eigenvalue weighted by Gasteiger charge is 2.60. The molecule has 0 aromatic heterocycles. The number of hydrogen-bond donors (Lipinski definition) is 0. The highest BCUT2D eigenvalue weighted by atomic mass is 16.5. The molecular weight excluding hydrogens is 300 g/mol. The van der Waals surface area contributed by atoms with Crippen LogP contribution in [-0.4, -0.2) is 17.9 Å². The van der Waals surface area contributed by atoms with Crippen LogP contribution < -0.4 is 0 Å². The summed E-state index contributed by atoms with van der Waals surface area (Å²) in [5, 5.41) is 0. The summed E-state index contributed by atoms with van der Waals surface area (Å²) in [6.45, 7) is 6.30. The van der Waals surface area contributed by atoms with Gasteiger partial charge in [0.15, 0.2) is 0 Å². The normalized spacial score (nSPS) is 50.6. The number of Topliss-reactive ketones (excluding diaryl/α,β-unsaturated/α-hetero) is 1. The van der Waals surface area contributed by atoms with Crippen LogP contribution in [0.2, 0.25) is 0 Å². The molecular formula is C21H32O3. The molecule has 0 heterocycles. The summed E-state index contributed by atoms with van der Waals surface area (Å²) in [5.74, 6) is 3.26. The van der Waals surface area contributed by atoms with E-state index >= 15 is 0 Å². The molecule has 3 heteroatoms. The minimum Gasteiger partial charge on any atom is -0.463 e. The summed E-state index contributed by atoms with van der Waals surface area (Å²) in [7, 11) is 0. The Balaban J connectivity index is 1.54. The maximum atomic E-state index is 12.5. The zero-order chi connectivity index (χ0) is 17.1. The Morgan fingerprint density at radius 3 is 2.58 bits per heavy atom. The van der Waals surface area contributed by atoms with Gasteiger partial charge in [-0.2, -0.15) is 0 Å². The third kappa shape index (κ3) is 2.29. The quantitative estimate of drug-likeness (QED) is 0.663. The molecule has 0 aromatic rings. The molecule has 4 saturated carbocycles. The van der Waals surface area contributed by atoms with E-state index < -0.39 is 0 Å². The molecule has 0 N–H and O–H groups in total. The first-order valence-electron chi connectivity index (χ1n) is 10.0. The first-order valence-corrected chi connectivity index (χ1v) is 10.0. The van der Waals surface area contributed by atoms with Gasteiger partial charge in [-0.3, -0.25) is 9.59 Å². The standard InChI is InChI=1S/C21H32O3/c1-13(22)24-15-8-10-20(2)14(12-15)4-5-16-17-6-7-19(23)21(17,3)11-9-18(16)20/h14-18H,4-12H2,1-3H3/t14-,15+,16-,17+,18+,20-,21-/m0/s1. The monoisotopic (exact) mass is 332 g/mol. The van der Waals surface area contributed by atoms with E-state index in [1.54, 1.807) is 0 Å². The van der Waals surface area contributed by atoms with Gasteiger partial charge in [0.25, 0.3) is 0 Å². The lowest BCUT2D eigenvalue weighted by Crippen LogP contribution is -2.54. The summed E-state index contributed by atoms with van der Waals surface area (Å²) in [6, 6.07) is 0. The Morgan fingerprint density at radius 1 is 1.04 bits per heavy atom. The first kappa shape index (κ1) is 16.6. The van der Waals surface area contributed by atoms with Crippen molar-refractivity contribution >= 4 is 11.8 Å². The number of rotatable bonds is 1. The molecule has 0 radical (unpaired) electrons. The molecule has 4 rings (SSSR count). The van der Waals surface area contributed by atoms with Gasteiger partial charge in [-0.1, -0.05) is 13.8 Å². The average molecular weight is 332 g/mol. The predicted molar refractivity (Wildman–Crippen MR) is 92.3 cm³/mol. The lowest BCUT2D eigenvalue weighted by molar-refractivity contribution is -0.160. The molecule has 4 fully saturated rings. The summed E-state index contributed by atoms with van der Waals surface area (Å²) in [6.07, 6.45) is 10.2. The van der Waals surface area contributed by atoms with Crippen LogP contribution in [0.15, 0.2) is 0 Å². The largest absolute Gasteiger partial charge is 0.463 e. The van der Waals surface area contributed by atoms with Crippen molar-refractivity contribution in [3.63, 3.8) is 0 Å². The highest BCUT2D eigenvalue weighted by Crippen LogP contribution is 2.65. The second-order valence-corrected chi connectivity index (χ2v) is 9.58. The number of fused-ring (bicyclic) bond motifs is 5. The molecule has 0 aliphatic heterocycles. The van der Waals surface area contributed by atoms with Crippen LogP contribution in [0.25, 0.3) is 0 Å². The fraction of sp³-hybridized carbons (Fsp3) is 0.905. The predicted octanol–water partition coefficient (Wildman–Crippen LogP) is 4.53. The second kappa shape index (κ2) is 5.57. The lowest BCUT2D eigenvalue weighted by Gasteiger charge is -2.60. The molecule has 7 atom stereocenters. The number of hydrogen-bond acceptors (Lipinski definition) is 3. The van der Waals surface area contributed by atoms with Crippen LogP contribution in [-0.2, 0) is 14.3 Å². The van der Waals surface area contributed by atoms with Gasteiger partial charge in [-0.25, -0.2) is 0 Å². The molecule has 134 valence electrons. The Labute approximate surface area is 145 Å². The van der Waals surface area contributed by atoms with E-state index in [0.717, 1.165) is 43.9 Å². The summed E-state index contributed by atoms with van der Waals surface area (Å²) >= 11 is 0. The highest BCUT2D eigenvalue weighted by molar-refractivity contribution is 5.87. The lowest BCUT2D eigenvalue weighted by atomic mass is 9.45. The summed E-state index contributed by atoms with van der Waals surface area (Å²) < 4.78 is 5.54. The van der Waals surface area contributed by atoms with Crippen LogP contribution in [0, 0.1) is 34.5 Å². The SMILES string of the molecule is CC(=O)O[C@@H]1CC[C@@]2(C)[C@@H](CC[C@@H]3[C@H]2CC[C@]2(C)C(=O)CC[C@H]32)C1. The molecule has 0 unspecified atom stereocenters. The minimum atomic E-state index is -0.129. The third-order valence-corrected chi connectivity index (χ3v) is 8.66. The van der Waals surface area contributed by atoms with E-state index in [-0.39, 0.29) is 17.5 Å². The minimum absolute atomic E-state index is 0.0146. The van der Waals surface area contributed by atoms with Crippen molar-refractivity contribution in [2.75, 3.05) is 0 Å². The van der Waals surface area contributed by atoms with Gasteiger partial charge in [0.2, 0.25) is 0 Å². The number of ether oxygens (including phenoxy) is 1. The Bertz CT molecular complexity index is 555. The van der Waals surface area contributed by atoms with Gasteiger partial charge in [0.05, 0.1) is 0 Å². The van der Waals surface area contributed by atoms with Crippen LogP contribution in [0.1, 0.15) is 78.6 Å². The van der Waals surface area contributed by atoms with Crippen molar-refractivity contribution < 1.29 is 14.3 Å². The molecule has 24 heavy (non-hydrogen) atoms. The molecule has 0 amide bonds. The van der Waals surface area contributed by atoms with E-state index in [4.69, 9.17) is 4.74 Å². The molecule has 4 aliphatic rings. The van der Waals surface area contributed by atoms with Crippen LogP contribution >= 0.6 is 0 Å². The Kier molecular flexibility index (Phi) is 3.85.